The number of carboxylic acid groups (broad SMARTS) is 2. The Hall–Kier alpha value is -0.532. The van der Waals surface area contributed by atoms with Crippen molar-refractivity contribution < 1.29 is 40.9 Å². The van der Waals surface area contributed by atoms with E-state index in [4.69, 9.17) is 42.7 Å². The number of rotatable bonds is 2. The van der Waals surface area contributed by atoms with E-state index in [1.165, 1.54) is 0 Å². The summed E-state index contributed by atoms with van der Waals surface area (Å²) in [5.41, 5.74) is 20.4. The third kappa shape index (κ3) is 347. The number of carboxylic acids is 2. The molecule has 0 bridgehead atoms. The van der Waals surface area contributed by atoms with Crippen LogP contribution < -0.4 is 33.1 Å². The van der Waals surface area contributed by atoms with Crippen molar-refractivity contribution in [2.45, 2.75) is 39.8 Å². The molecule has 8 nitrogen and oxygen atoms in total. The van der Waals surface area contributed by atoms with E-state index in [1.807, 2.05) is 13.8 Å². The number of carbonyl (C=O) groups excluding carboxylic acids is 2. The monoisotopic (exact) mass is 461 g/mol. The van der Waals surface area contributed by atoms with E-state index < -0.39 is 11.9 Å². The Morgan fingerprint density at radius 2 is 0.947 bits per heavy atom. The Labute approximate surface area is 129 Å². The van der Waals surface area contributed by atoms with Crippen molar-refractivity contribution in [3.8, 4) is 0 Å². The fourth-order valence-corrected chi connectivity index (χ4v) is 0. The van der Waals surface area contributed by atoms with E-state index in [1.54, 1.807) is 0 Å². The molecule has 0 radical (unpaired) electrons. The van der Waals surface area contributed by atoms with E-state index >= 15 is 0 Å². The summed E-state index contributed by atoms with van der Waals surface area (Å²) in [5.74, 6) is -2.17. The van der Waals surface area contributed by atoms with Gasteiger partial charge in [-0.15, -0.1) is 0 Å². The molecular weight excluding hydrogens is 435 g/mol. The minimum atomic E-state index is -1.08. The number of nitrogens with two attached hydrogens (primary N) is 4. The van der Waals surface area contributed by atoms with Gasteiger partial charge in [-0.25, -0.2) is 0 Å². The van der Waals surface area contributed by atoms with E-state index in [0.29, 0.717) is 13.1 Å². The van der Waals surface area contributed by atoms with Crippen molar-refractivity contribution in [2.24, 2.45) is 22.9 Å². The van der Waals surface area contributed by atoms with E-state index in [0.717, 1.165) is 13.8 Å². The first-order valence-electron chi connectivity index (χ1n) is 5.27. The minimum Gasteiger partial charge on any atom is -0.550 e. The maximum atomic E-state index is 8.89. The predicted octanol–water partition coefficient (Wildman–Crippen LogP) is -3.91. The number of hydrogen-bond acceptors (Lipinski definition) is 8. The molecule has 0 heterocycles. The van der Waals surface area contributed by atoms with Gasteiger partial charge < -0.3 is 42.7 Å². The van der Waals surface area contributed by atoms with Gasteiger partial charge in [0.05, 0.1) is 0 Å². The van der Waals surface area contributed by atoms with E-state index in [-0.39, 0.29) is 33.1 Å². The van der Waals surface area contributed by atoms with Crippen LogP contribution in [-0.4, -0.2) is 37.1 Å². The molecule has 0 spiro atoms. The van der Waals surface area contributed by atoms with Gasteiger partial charge >= 0.3 is 21.1 Å². The van der Waals surface area contributed by atoms with E-state index in [2.05, 4.69) is 0 Å². The summed E-state index contributed by atoms with van der Waals surface area (Å²) in [6, 6.07) is 0.324. The van der Waals surface area contributed by atoms with Crippen molar-refractivity contribution in [1.29, 1.82) is 0 Å². The predicted molar refractivity (Wildman–Crippen MR) is 66.8 cm³/mol. The molecule has 0 amide bonds. The van der Waals surface area contributed by atoms with Gasteiger partial charge in [0.2, 0.25) is 0 Å². The average molecular weight is 461 g/mol. The second kappa shape index (κ2) is 26.1. The van der Waals surface area contributed by atoms with Gasteiger partial charge in [-0.2, -0.15) is 0 Å². The molecule has 0 aromatic carbocycles. The summed E-state index contributed by atoms with van der Waals surface area (Å²) in [6.45, 7) is 6.86. The fourth-order valence-electron chi connectivity index (χ4n) is 0. The topological polar surface area (TPSA) is 184 Å². The van der Waals surface area contributed by atoms with Crippen LogP contribution >= 0.6 is 0 Å². The van der Waals surface area contributed by atoms with Crippen LogP contribution in [0, 0.1) is 0 Å². The molecule has 0 aliphatic heterocycles. The first kappa shape index (κ1) is 31.1. The van der Waals surface area contributed by atoms with Crippen molar-refractivity contribution >= 4 is 11.9 Å². The van der Waals surface area contributed by atoms with Crippen molar-refractivity contribution in [1.82, 2.24) is 0 Å². The third-order valence-electron chi connectivity index (χ3n) is 0.744. The molecule has 0 rings (SSSR count). The molecule has 9 heteroatoms. The Morgan fingerprint density at radius 3 is 0.947 bits per heavy atom. The van der Waals surface area contributed by atoms with Crippen LogP contribution in [-0.2, 0) is 30.7 Å². The third-order valence-corrected chi connectivity index (χ3v) is 0.744. The molecule has 0 aromatic rings. The van der Waals surface area contributed by atoms with Crippen molar-refractivity contribution in [3.63, 3.8) is 0 Å². The standard InChI is InChI=1S/2C3H10N2.2C2H4O2.Pt/c2*1-3(5)2-4;2*1-2(3)4;/h2*3H,2,4-5H2,1H3;2*1H3,(H,3,4);/q;;;;+2/p-2. The first-order valence-corrected chi connectivity index (χ1v) is 5.27. The maximum absolute atomic E-state index is 8.89. The van der Waals surface area contributed by atoms with Crippen LogP contribution in [0.25, 0.3) is 0 Å². The molecule has 0 aromatic heterocycles. The van der Waals surface area contributed by atoms with Gasteiger partial charge in [-0.1, -0.05) is 0 Å². The van der Waals surface area contributed by atoms with Gasteiger partial charge in [0.1, 0.15) is 0 Å². The van der Waals surface area contributed by atoms with Crippen LogP contribution in [0.4, 0.5) is 0 Å². The van der Waals surface area contributed by atoms with Crippen LogP contribution in [0.15, 0.2) is 0 Å². The second-order valence-electron chi connectivity index (χ2n) is 3.41. The molecule has 0 aliphatic carbocycles. The number of hydrogen-bond donors (Lipinski definition) is 4. The Morgan fingerprint density at radius 1 is 0.895 bits per heavy atom. The quantitative estimate of drug-likeness (QED) is 0.321. The summed E-state index contributed by atoms with van der Waals surface area (Å²) >= 11 is 0. The number of carbonyl (C=O) groups is 2. The zero-order valence-corrected chi connectivity index (χ0v) is 14.1. The zero-order valence-electron chi connectivity index (χ0n) is 11.8. The summed E-state index contributed by atoms with van der Waals surface area (Å²) in [4.78, 5) is 17.8. The molecule has 0 fully saturated rings. The molecule has 0 saturated carbocycles. The molecule has 120 valence electrons. The summed E-state index contributed by atoms with van der Waals surface area (Å²) in [6.07, 6.45) is 0. The van der Waals surface area contributed by atoms with Crippen molar-refractivity contribution in [3.05, 3.63) is 0 Å². The van der Waals surface area contributed by atoms with Crippen LogP contribution in [0.2, 0.25) is 0 Å². The first-order chi connectivity index (χ1) is 8.00. The molecule has 8 N–H and O–H groups in total. The van der Waals surface area contributed by atoms with Gasteiger partial charge in [0, 0.05) is 37.1 Å². The normalized spacial score (nSPS) is 10.5. The number of aliphatic carboxylic acids is 2. The van der Waals surface area contributed by atoms with E-state index in [9.17, 15) is 0 Å². The van der Waals surface area contributed by atoms with Crippen LogP contribution in [0.5, 0.6) is 0 Å². The molecule has 2 unspecified atom stereocenters. The van der Waals surface area contributed by atoms with Gasteiger partial charge in [0.15, 0.2) is 0 Å². The SMILES string of the molecule is CC(=O)[O-].CC(=O)[O-].CC(N)CN.CC(N)CN.[Pt+2]. The van der Waals surface area contributed by atoms with Gasteiger partial charge in [0.25, 0.3) is 0 Å². The Balaban J connectivity index is -0.0000000453. The molecule has 19 heavy (non-hydrogen) atoms. The van der Waals surface area contributed by atoms with Gasteiger partial charge in [-0.05, 0) is 27.7 Å². The Bertz CT molecular complexity index is 164. The largest absolute Gasteiger partial charge is 2.00 e. The summed E-state index contributed by atoms with van der Waals surface area (Å²) in [7, 11) is 0. The summed E-state index contributed by atoms with van der Waals surface area (Å²) < 4.78 is 0. The molecule has 0 aliphatic rings. The molecule has 0 saturated heterocycles. The smallest absolute Gasteiger partial charge is 0.550 e. The molecular formula is C10H26N4O4Pt. The second-order valence-corrected chi connectivity index (χ2v) is 3.41. The fraction of sp³-hybridized carbons (Fsp3) is 0.800. The average Bonchev–Trinajstić information content (AvgIpc) is 2.16. The van der Waals surface area contributed by atoms with Crippen LogP contribution in [0.3, 0.4) is 0 Å². The van der Waals surface area contributed by atoms with Gasteiger partial charge in [-0.3, -0.25) is 0 Å². The Kier molecular flexibility index (Phi) is 42.7. The molecule has 2 atom stereocenters. The summed E-state index contributed by atoms with van der Waals surface area (Å²) in [5, 5.41) is 17.8. The minimum absolute atomic E-state index is 0. The van der Waals surface area contributed by atoms with Crippen molar-refractivity contribution in [2.75, 3.05) is 13.1 Å². The van der Waals surface area contributed by atoms with Crippen LogP contribution in [0.1, 0.15) is 27.7 Å². The zero-order chi connectivity index (χ0) is 15.7. The maximum Gasteiger partial charge on any atom is 2.00 e.